The number of sulfonamides is 1. The average Bonchev–Trinajstić information content (AvgIpc) is 3.47. The van der Waals surface area contributed by atoms with Gasteiger partial charge in [0.25, 0.3) is 10.0 Å². The first-order chi connectivity index (χ1) is 21.1. The van der Waals surface area contributed by atoms with Crippen LogP contribution >= 0.6 is 11.6 Å². The van der Waals surface area contributed by atoms with Gasteiger partial charge in [-0.1, -0.05) is 17.7 Å². The molecular weight excluding hydrogens is 620 g/mol. The molecule has 1 fully saturated rings. The summed E-state index contributed by atoms with van der Waals surface area (Å²) >= 11 is 5.91. The summed E-state index contributed by atoms with van der Waals surface area (Å²) < 4.78 is 68.8. The first-order valence-electron chi connectivity index (χ1n) is 13.3. The summed E-state index contributed by atoms with van der Waals surface area (Å²) in [5.74, 6) is -2.07. The smallest absolute Gasteiger partial charge is 0.267 e. The number of amides is 1. The maximum absolute atomic E-state index is 15.7. The van der Waals surface area contributed by atoms with Crippen LogP contribution < -0.4 is 25.4 Å². The minimum absolute atomic E-state index is 0.0217. The Morgan fingerprint density at radius 2 is 1.95 bits per heavy atom. The van der Waals surface area contributed by atoms with Gasteiger partial charge in [-0.05, 0) is 42.3 Å². The maximum Gasteiger partial charge on any atom is 0.267 e. The predicted octanol–water partition coefficient (Wildman–Crippen LogP) is 3.34. The molecule has 2 aromatic heterocycles. The highest BCUT2D eigenvalue weighted by molar-refractivity contribution is 7.92. The molecule has 1 amide bonds. The normalized spacial score (nSPS) is 16.6. The van der Waals surface area contributed by atoms with Crippen LogP contribution in [0.25, 0.3) is 22.0 Å². The summed E-state index contributed by atoms with van der Waals surface area (Å²) in [7, 11) is -1.63. The molecule has 0 radical (unpaired) electrons. The van der Waals surface area contributed by atoms with Crippen molar-refractivity contribution in [1.29, 1.82) is 0 Å². The molecular formula is C28H28ClF2N7O5S. The monoisotopic (exact) mass is 647 g/mol. The topological polar surface area (TPSA) is 156 Å². The quantitative estimate of drug-likeness (QED) is 0.178. The van der Waals surface area contributed by atoms with E-state index in [2.05, 4.69) is 35.6 Å². The summed E-state index contributed by atoms with van der Waals surface area (Å²) in [6.45, 7) is 1.38. The number of fused-ring (bicyclic) bond motifs is 1. The summed E-state index contributed by atoms with van der Waals surface area (Å²) in [6.07, 6.45) is 3.23. The molecule has 1 aliphatic heterocycles. The van der Waals surface area contributed by atoms with Gasteiger partial charge >= 0.3 is 0 Å². The largest absolute Gasteiger partial charge is 0.480 e. The van der Waals surface area contributed by atoms with Gasteiger partial charge in [0.1, 0.15) is 5.82 Å². The van der Waals surface area contributed by atoms with Crippen molar-refractivity contribution in [2.45, 2.75) is 23.4 Å². The van der Waals surface area contributed by atoms with E-state index in [9.17, 15) is 17.6 Å². The Kier molecular flexibility index (Phi) is 9.39. The number of carbonyl (C=O) groups is 1. The van der Waals surface area contributed by atoms with E-state index in [0.29, 0.717) is 43.0 Å². The number of aromatic nitrogens is 3. The van der Waals surface area contributed by atoms with Crippen molar-refractivity contribution in [3.05, 3.63) is 65.4 Å². The number of carbonyl (C=O) groups excluding carboxylic acids is 1. The zero-order valence-electron chi connectivity index (χ0n) is 23.5. The molecule has 0 bridgehead atoms. The highest BCUT2D eigenvalue weighted by atomic mass is 35.5. The molecule has 2 aromatic carbocycles. The summed E-state index contributed by atoms with van der Waals surface area (Å²) in [4.78, 5) is 24.5. The Morgan fingerprint density at radius 3 is 2.73 bits per heavy atom. The van der Waals surface area contributed by atoms with Gasteiger partial charge in [0.2, 0.25) is 17.7 Å². The van der Waals surface area contributed by atoms with Crippen LogP contribution in [0.1, 0.15) is 6.42 Å². The number of rotatable bonds is 11. The van der Waals surface area contributed by atoms with E-state index >= 15 is 4.39 Å². The van der Waals surface area contributed by atoms with Crippen LogP contribution in [0.5, 0.6) is 5.88 Å². The summed E-state index contributed by atoms with van der Waals surface area (Å²) in [5, 5.41) is 9.69. The van der Waals surface area contributed by atoms with Gasteiger partial charge in [-0.3, -0.25) is 9.52 Å². The standard InChI is InChI=1S/C28H28ClF2N7O5S/c1-42-8-7-32-26(39)22-11-18(14-33-22)36-28-35-12-16-9-15(3-5-20(16)37-28)24-19(30)4-6-21(25(24)31)38-44(40,41)23-10-17(29)13-34-27(23)43-2/h3-6,9-10,12-13,18,22,33,38H,7-8,11,14H2,1-2H3,(H,32,39)(H,35,36,37)/t18-,22+/m0/s1. The molecule has 0 spiro atoms. The van der Waals surface area contributed by atoms with Crippen LogP contribution in [-0.2, 0) is 19.6 Å². The number of hydrogen-bond donors (Lipinski definition) is 4. The van der Waals surface area contributed by atoms with Gasteiger partial charge in [-0.2, -0.15) is 0 Å². The molecule has 4 aromatic rings. The molecule has 2 atom stereocenters. The van der Waals surface area contributed by atoms with Gasteiger partial charge < -0.3 is 25.4 Å². The van der Waals surface area contributed by atoms with E-state index in [0.717, 1.165) is 18.2 Å². The van der Waals surface area contributed by atoms with Crippen LogP contribution in [0.4, 0.5) is 20.4 Å². The minimum atomic E-state index is -4.42. The van der Waals surface area contributed by atoms with Gasteiger partial charge in [-0.15, -0.1) is 0 Å². The molecule has 1 saturated heterocycles. The van der Waals surface area contributed by atoms with Crippen molar-refractivity contribution in [3.8, 4) is 17.0 Å². The number of ether oxygens (including phenoxy) is 2. The van der Waals surface area contributed by atoms with E-state index in [-0.39, 0.29) is 34.5 Å². The highest BCUT2D eigenvalue weighted by Gasteiger charge is 2.30. The average molecular weight is 648 g/mol. The number of hydrogen-bond acceptors (Lipinski definition) is 10. The second kappa shape index (κ2) is 13.2. The van der Waals surface area contributed by atoms with Crippen molar-refractivity contribution in [1.82, 2.24) is 25.6 Å². The number of nitrogens with zero attached hydrogens (tertiary/aromatic N) is 3. The zero-order valence-corrected chi connectivity index (χ0v) is 25.1. The third-order valence-electron chi connectivity index (χ3n) is 6.86. The van der Waals surface area contributed by atoms with Crippen molar-refractivity contribution in [2.24, 2.45) is 0 Å². The Hall–Kier alpha value is -4.18. The highest BCUT2D eigenvalue weighted by Crippen LogP contribution is 2.34. The molecule has 5 rings (SSSR count). The molecule has 232 valence electrons. The number of methoxy groups -OCH3 is 2. The molecule has 0 aliphatic carbocycles. The fourth-order valence-electron chi connectivity index (χ4n) is 4.74. The Bertz CT molecular complexity index is 1820. The number of halogens is 3. The maximum atomic E-state index is 15.7. The first kappa shape index (κ1) is 31.3. The fraction of sp³-hybridized carbons (Fsp3) is 0.286. The second-order valence-electron chi connectivity index (χ2n) is 9.84. The van der Waals surface area contributed by atoms with Crippen molar-refractivity contribution in [3.63, 3.8) is 0 Å². The lowest BCUT2D eigenvalue weighted by Gasteiger charge is -2.15. The first-order valence-corrected chi connectivity index (χ1v) is 15.2. The molecule has 1 aliphatic rings. The number of nitrogens with one attached hydrogen (secondary N) is 4. The Labute approximate surface area is 256 Å². The van der Waals surface area contributed by atoms with Crippen LogP contribution in [0, 0.1) is 11.6 Å². The molecule has 16 heteroatoms. The van der Waals surface area contributed by atoms with Gasteiger partial charge in [-0.25, -0.2) is 32.2 Å². The Morgan fingerprint density at radius 1 is 1.14 bits per heavy atom. The van der Waals surface area contributed by atoms with Crippen molar-refractivity contribution >= 4 is 50.1 Å². The number of pyridine rings is 1. The molecule has 4 N–H and O–H groups in total. The lowest BCUT2D eigenvalue weighted by Crippen LogP contribution is -2.41. The molecule has 0 saturated carbocycles. The second-order valence-corrected chi connectivity index (χ2v) is 11.9. The number of benzene rings is 2. The van der Waals surface area contributed by atoms with Gasteiger partial charge in [0.15, 0.2) is 10.7 Å². The molecule has 44 heavy (non-hydrogen) atoms. The zero-order chi connectivity index (χ0) is 31.4. The van der Waals surface area contributed by atoms with Crippen LogP contribution in [0.15, 0.2) is 53.7 Å². The minimum Gasteiger partial charge on any atom is -0.480 e. The van der Waals surface area contributed by atoms with E-state index < -0.39 is 37.8 Å². The van der Waals surface area contributed by atoms with E-state index in [1.165, 1.54) is 31.6 Å². The van der Waals surface area contributed by atoms with Crippen molar-refractivity contribution in [2.75, 3.05) is 44.0 Å². The Balaban J connectivity index is 1.34. The van der Waals surface area contributed by atoms with Crippen LogP contribution in [0.3, 0.4) is 0 Å². The summed E-state index contributed by atoms with van der Waals surface area (Å²) in [6, 6.07) is 7.13. The number of anilines is 2. The van der Waals surface area contributed by atoms with Gasteiger partial charge in [0.05, 0.1) is 41.5 Å². The van der Waals surface area contributed by atoms with E-state index in [1.54, 1.807) is 13.2 Å². The fourth-order valence-corrected chi connectivity index (χ4v) is 6.16. The summed E-state index contributed by atoms with van der Waals surface area (Å²) in [5.41, 5.74) is -0.293. The lowest BCUT2D eigenvalue weighted by molar-refractivity contribution is -0.122. The third kappa shape index (κ3) is 6.80. The van der Waals surface area contributed by atoms with Gasteiger partial charge in [0, 0.05) is 44.0 Å². The lowest BCUT2D eigenvalue weighted by atomic mass is 10.0. The molecule has 3 heterocycles. The molecule has 12 nitrogen and oxygen atoms in total. The van der Waals surface area contributed by atoms with E-state index in [1.807, 2.05) is 0 Å². The van der Waals surface area contributed by atoms with Crippen LogP contribution in [0.2, 0.25) is 5.02 Å². The predicted molar refractivity (Wildman–Crippen MR) is 160 cm³/mol. The van der Waals surface area contributed by atoms with Crippen LogP contribution in [-0.4, -0.2) is 75.3 Å². The SMILES string of the molecule is COCCNC(=O)[C@H]1C[C@H](Nc2ncc3cc(-c4c(F)ccc(NS(=O)(=O)c5cc(Cl)cnc5OC)c4F)ccc3n2)CN1. The molecule has 0 unspecified atom stereocenters. The van der Waals surface area contributed by atoms with E-state index in [4.69, 9.17) is 21.1 Å². The third-order valence-corrected chi connectivity index (χ3v) is 8.42. The van der Waals surface area contributed by atoms with Crippen molar-refractivity contribution < 1.29 is 31.5 Å².